The lowest BCUT2D eigenvalue weighted by atomic mass is 9.92. The SMILES string of the molecule is CC(C)(C)c1cc(NC(=O)N[C@H]2CC[C@H](N)CC2)no1.Cl. The van der Waals surface area contributed by atoms with Gasteiger partial charge in [-0.15, -0.1) is 12.4 Å². The maximum Gasteiger partial charge on any atom is 0.320 e. The lowest BCUT2D eigenvalue weighted by Crippen LogP contribution is -2.42. The Kier molecular flexibility index (Phi) is 6.04. The highest BCUT2D eigenvalue weighted by molar-refractivity contribution is 5.88. The van der Waals surface area contributed by atoms with Crippen molar-refractivity contribution in [2.45, 2.75) is 64.0 Å². The van der Waals surface area contributed by atoms with Gasteiger partial charge in [0.2, 0.25) is 0 Å². The highest BCUT2D eigenvalue weighted by Crippen LogP contribution is 2.24. The highest BCUT2D eigenvalue weighted by Gasteiger charge is 2.22. The smallest absolute Gasteiger partial charge is 0.320 e. The van der Waals surface area contributed by atoms with Crippen LogP contribution in [0.4, 0.5) is 10.6 Å². The summed E-state index contributed by atoms with van der Waals surface area (Å²) in [5, 5.41) is 9.52. The molecule has 0 aromatic carbocycles. The third-order valence-electron chi connectivity index (χ3n) is 3.60. The van der Waals surface area contributed by atoms with E-state index in [1.165, 1.54) is 0 Å². The number of anilines is 1. The molecule has 1 aliphatic rings. The van der Waals surface area contributed by atoms with Crippen LogP contribution in [0.1, 0.15) is 52.2 Å². The number of halogens is 1. The summed E-state index contributed by atoms with van der Waals surface area (Å²) in [4.78, 5) is 11.9. The van der Waals surface area contributed by atoms with Gasteiger partial charge in [-0.25, -0.2) is 4.79 Å². The van der Waals surface area contributed by atoms with Crippen LogP contribution in [-0.2, 0) is 5.41 Å². The first-order valence-electron chi connectivity index (χ1n) is 7.15. The number of nitrogens with zero attached hydrogens (tertiary/aromatic N) is 1. The topological polar surface area (TPSA) is 93.2 Å². The summed E-state index contributed by atoms with van der Waals surface area (Å²) in [5.41, 5.74) is 5.72. The molecule has 1 aliphatic carbocycles. The first-order valence-corrected chi connectivity index (χ1v) is 7.15. The van der Waals surface area contributed by atoms with Crippen LogP contribution in [0.5, 0.6) is 0 Å². The lowest BCUT2D eigenvalue weighted by Gasteiger charge is -2.26. The van der Waals surface area contributed by atoms with Crippen LogP contribution in [0.15, 0.2) is 10.6 Å². The zero-order chi connectivity index (χ0) is 14.8. The highest BCUT2D eigenvalue weighted by atomic mass is 35.5. The maximum atomic E-state index is 11.9. The van der Waals surface area contributed by atoms with Gasteiger partial charge < -0.3 is 15.6 Å². The molecule has 0 bridgehead atoms. The van der Waals surface area contributed by atoms with Crippen molar-refractivity contribution >= 4 is 24.3 Å². The number of nitrogens with two attached hydrogens (primary N) is 1. The molecule has 1 aromatic rings. The van der Waals surface area contributed by atoms with E-state index >= 15 is 0 Å². The molecule has 2 rings (SSSR count). The van der Waals surface area contributed by atoms with Crippen molar-refractivity contribution < 1.29 is 9.32 Å². The molecule has 1 aromatic heterocycles. The largest absolute Gasteiger partial charge is 0.359 e. The van der Waals surface area contributed by atoms with Gasteiger partial charge in [-0.3, -0.25) is 5.32 Å². The Morgan fingerprint density at radius 1 is 1.33 bits per heavy atom. The molecule has 0 radical (unpaired) electrons. The minimum atomic E-state index is -0.237. The van der Waals surface area contributed by atoms with E-state index in [4.69, 9.17) is 10.3 Å². The molecule has 0 aliphatic heterocycles. The molecule has 7 heteroatoms. The molecule has 4 N–H and O–H groups in total. The van der Waals surface area contributed by atoms with Crippen molar-refractivity contribution in [2.24, 2.45) is 5.73 Å². The minimum absolute atomic E-state index is 0. The fourth-order valence-corrected chi connectivity index (χ4v) is 2.29. The number of hydrogen-bond donors (Lipinski definition) is 3. The number of rotatable bonds is 2. The molecule has 0 saturated heterocycles. The van der Waals surface area contributed by atoms with Crippen LogP contribution in [0.25, 0.3) is 0 Å². The molecule has 0 unspecified atom stereocenters. The van der Waals surface area contributed by atoms with Crippen molar-refractivity contribution in [2.75, 3.05) is 5.32 Å². The van der Waals surface area contributed by atoms with Gasteiger partial charge in [0.25, 0.3) is 0 Å². The summed E-state index contributed by atoms with van der Waals surface area (Å²) in [6.45, 7) is 6.09. The van der Waals surface area contributed by atoms with Gasteiger partial charge in [-0.05, 0) is 25.7 Å². The van der Waals surface area contributed by atoms with E-state index in [9.17, 15) is 4.79 Å². The summed E-state index contributed by atoms with van der Waals surface area (Å²) in [7, 11) is 0. The Balaban J connectivity index is 0.00000220. The molecular weight excluding hydrogens is 292 g/mol. The van der Waals surface area contributed by atoms with Gasteiger partial charge in [0.1, 0.15) is 5.76 Å². The predicted molar refractivity (Wildman–Crippen MR) is 84.8 cm³/mol. The van der Waals surface area contributed by atoms with E-state index < -0.39 is 0 Å². The van der Waals surface area contributed by atoms with E-state index in [1.807, 2.05) is 20.8 Å². The predicted octanol–water partition coefficient (Wildman–Crippen LogP) is 2.79. The second kappa shape index (κ2) is 7.13. The van der Waals surface area contributed by atoms with Gasteiger partial charge in [0.05, 0.1) is 0 Å². The Hall–Kier alpha value is -1.27. The van der Waals surface area contributed by atoms with Gasteiger partial charge in [0.15, 0.2) is 5.82 Å². The molecule has 0 atom stereocenters. The normalized spacial score (nSPS) is 22.3. The molecule has 1 saturated carbocycles. The number of carbonyl (C=O) groups excluding carboxylic acids is 1. The first-order chi connectivity index (χ1) is 9.34. The van der Waals surface area contributed by atoms with Crippen LogP contribution in [-0.4, -0.2) is 23.3 Å². The maximum absolute atomic E-state index is 11.9. The van der Waals surface area contributed by atoms with E-state index in [2.05, 4.69) is 15.8 Å². The molecule has 1 fully saturated rings. The monoisotopic (exact) mass is 316 g/mol. The van der Waals surface area contributed by atoms with Crippen molar-refractivity contribution in [1.29, 1.82) is 0 Å². The van der Waals surface area contributed by atoms with Crippen molar-refractivity contribution in [3.63, 3.8) is 0 Å². The molecule has 1 heterocycles. The Labute approximate surface area is 131 Å². The van der Waals surface area contributed by atoms with Crippen molar-refractivity contribution in [3.05, 3.63) is 11.8 Å². The Bertz CT molecular complexity index is 462. The summed E-state index contributed by atoms with van der Waals surface area (Å²) in [5.74, 6) is 1.19. The number of aromatic nitrogens is 1. The van der Waals surface area contributed by atoms with Gasteiger partial charge in [0, 0.05) is 23.6 Å². The molecule has 21 heavy (non-hydrogen) atoms. The molecule has 120 valence electrons. The number of hydrogen-bond acceptors (Lipinski definition) is 4. The summed E-state index contributed by atoms with van der Waals surface area (Å²) in [6, 6.07) is 2.00. The van der Waals surface area contributed by atoms with Crippen molar-refractivity contribution in [3.8, 4) is 0 Å². The first kappa shape index (κ1) is 17.8. The van der Waals surface area contributed by atoms with Crippen LogP contribution in [0.2, 0.25) is 0 Å². The van der Waals surface area contributed by atoms with Gasteiger partial charge in [-0.2, -0.15) is 0 Å². The quantitative estimate of drug-likeness (QED) is 0.782. The van der Waals surface area contributed by atoms with Gasteiger partial charge in [-0.1, -0.05) is 25.9 Å². The number of amides is 2. The third-order valence-corrected chi connectivity index (χ3v) is 3.60. The van der Waals surface area contributed by atoms with Crippen molar-refractivity contribution in [1.82, 2.24) is 10.5 Å². The van der Waals surface area contributed by atoms with Crippen LogP contribution >= 0.6 is 12.4 Å². The van der Waals surface area contributed by atoms with E-state index in [0.717, 1.165) is 31.4 Å². The molecule has 0 spiro atoms. The molecule has 2 amide bonds. The fourth-order valence-electron chi connectivity index (χ4n) is 2.29. The number of carbonyl (C=O) groups is 1. The Morgan fingerprint density at radius 3 is 2.48 bits per heavy atom. The lowest BCUT2D eigenvalue weighted by molar-refractivity contribution is 0.242. The fraction of sp³-hybridized carbons (Fsp3) is 0.714. The average molecular weight is 317 g/mol. The van der Waals surface area contributed by atoms with Crippen LogP contribution in [0.3, 0.4) is 0 Å². The second-order valence-corrected chi connectivity index (χ2v) is 6.54. The molecular formula is C14H25ClN4O2. The number of urea groups is 1. The average Bonchev–Trinajstić information content (AvgIpc) is 2.80. The zero-order valence-corrected chi connectivity index (χ0v) is 13.6. The summed E-state index contributed by atoms with van der Waals surface area (Å²) >= 11 is 0. The third kappa shape index (κ3) is 5.21. The number of nitrogens with one attached hydrogen (secondary N) is 2. The van der Waals surface area contributed by atoms with E-state index in [0.29, 0.717) is 5.82 Å². The van der Waals surface area contributed by atoms with Crippen LogP contribution < -0.4 is 16.4 Å². The second-order valence-electron chi connectivity index (χ2n) is 6.54. The van der Waals surface area contributed by atoms with Gasteiger partial charge >= 0.3 is 6.03 Å². The molecule has 6 nitrogen and oxygen atoms in total. The zero-order valence-electron chi connectivity index (χ0n) is 12.8. The van der Waals surface area contributed by atoms with E-state index in [1.54, 1.807) is 6.07 Å². The summed E-state index contributed by atoms with van der Waals surface area (Å²) in [6.07, 6.45) is 3.79. The van der Waals surface area contributed by atoms with E-state index in [-0.39, 0.29) is 35.9 Å². The summed E-state index contributed by atoms with van der Waals surface area (Å²) < 4.78 is 5.22. The van der Waals surface area contributed by atoms with Crippen LogP contribution in [0, 0.1) is 0 Å². The minimum Gasteiger partial charge on any atom is -0.359 e. The Morgan fingerprint density at radius 2 is 1.95 bits per heavy atom. The standard InChI is InChI=1S/C14H24N4O2.ClH/c1-14(2,3)11-8-12(18-20-11)17-13(19)16-10-6-4-9(15)5-7-10;/h8-10H,4-7,15H2,1-3H3,(H2,16,17,18,19);1H/t9-,10-;.